The lowest BCUT2D eigenvalue weighted by Crippen LogP contribution is -2.31. The summed E-state index contributed by atoms with van der Waals surface area (Å²) in [4.78, 5) is 24.4. The molecule has 1 unspecified atom stereocenters. The molecular formula is C20H19FN2O3S. The van der Waals surface area contributed by atoms with Crippen molar-refractivity contribution in [2.75, 3.05) is 18.8 Å². The summed E-state index contributed by atoms with van der Waals surface area (Å²) in [5.41, 5.74) is 1.43. The van der Waals surface area contributed by atoms with Crippen LogP contribution in [0.25, 0.3) is 6.08 Å². The summed E-state index contributed by atoms with van der Waals surface area (Å²) in [5.74, 6) is 0.437. The molecule has 2 aromatic carbocycles. The van der Waals surface area contributed by atoms with E-state index in [9.17, 15) is 19.3 Å². The van der Waals surface area contributed by atoms with Gasteiger partial charge in [0.2, 0.25) is 5.91 Å². The van der Waals surface area contributed by atoms with E-state index in [2.05, 4.69) is 0 Å². The lowest BCUT2D eigenvalue weighted by molar-refractivity contribution is -0.384. The number of nitrogens with zero attached hydrogens (tertiary/aromatic N) is 2. The van der Waals surface area contributed by atoms with Gasteiger partial charge in [0.05, 0.1) is 4.92 Å². The van der Waals surface area contributed by atoms with Gasteiger partial charge < -0.3 is 4.90 Å². The largest absolute Gasteiger partial charge is 0.338 e. The maximum Gasteiger partial charge on any atom is 0.269 e. The number of hydrogen-bond donors (Lipinski definition) is 0. The lowest BCUT2D eigenvalue weighted by atomic mass is 10.1. The number of carbonyl (C=O) groups excluding carboxylic acids is 1. The molecule has 0 aromatic heterocycles. The van der Waals surface area contributed by atoms with Gasteiger partial charge in [-0.2, -0.15) is 11.8 Å². The number of benzene rings is 2. The summed E-state index contributed by atoms with van der Waals surface area (Å²) in [6, 6.07) is 12.8. The van der Waals surface area contributed by atoms with Crippen molar-refractivity contribution >= 4 is 29.4 Å². The fourth-order valence-corrected chi connectivity index (χ4v) is 4.21. The number of nitro benzene ring substituents is 1. The molecule has 3 rings (SSSR count). The van der Waals surface area contributed by atoms with Gasteiger partial charge in [0.1, 0.15) is 5.82 Å². The molecule has 1 heterocycles. The first kappa shape index (κ1) is 19.1. The van der Waals surface area contributed by atoms with Crippen molar-refractivity contribution in [3.63, 3.8) is 0 Å². The average molecular weight is 386 g/mol. The zero-order chi connectivity index (χ0) is 19.2. The Morgan fingerprint density at radius 1 is 1.19 bits per heavy atom. The SMILES string of the molecule is O=C(/C=C/c1ccc([N+](=O)[O-])cc1)N1CCSC(c2ccccc2F)CC1. The number of carbonyl (C=O) groups is 1. The number of nitro groups is 1. The number of halogens is 1. The summed E-state index contributed by atoms with van der Waals surface area (Å²) in [7, 11) is 0. The van der Waals surface area contributed by atoms with Gasteiger partial charge >= 0.3 is 0 Å². The summed E-state index contributed by atoms with van der Waals surface area (Å²) < 4.78 is 14.0. The molecule has 1 fully saturated rings. The van der Waals surface area contributed by atoms with Crippen molar-refractivity contribution in [1.82, 2.24) is 4.90 Å². The van der Waals surface area contributed by atoms with Crippen molar-refractivity contribution < 1.29 is 14.1 Å². The third-order valence-electron chi connectivity index (χ3n) is 4.43. The van der Waals surface area contributed by atoms with Gasteiger partial charge in [0.15, 0.2) is 0 Å². The van der Waals surface area contributed by atoms with Crippen LogP contribution in [0.1, 0.15) is 22.8 Å². The van der Waals surface area contributed by atoms with Gasteiger partial charge in [0.25, 0.3) is 5.69 Å². The molecule has 1 aliphatic heterocycles. The van der Waals surface area contributed by atoms with E-state index in [1.54, 1.807) is 47.0 Å². The zero-order valence-electron chi connectivity index (χ0n) is 14.6. The molecule has 1 saturated heterocycles. The van der Waals surface area contributed by atoms with Crippen LogP contribution >= 0.6 is 11.8 Å². The number of amides is 1. The molecule has 7 heteroatoms. The Hall–Kier alpha value is -2.67. The topological polar surface area (TPSA) is 63.4 Å². The standard InChI is InChI=1S/C20H19FN2O3S/c21-18-4-2-1-3-17(18)19-11-12-22(13-14-27-19)20(24)10-7-15-5-8-16(9-6-15)23(25)26/h1-10,19H,11-14H2/b10-7+. The third-order valence-corrected chi connectivity index (χ3v) is 5.74. The highest BCUT2D eigenvalue weighted by molar-refractivity contribution is 7.99. The fraction of sp³-hybridized carbons (Fsp3) is 0.250. The van der Waals surface area contributed by atoms with E-state index in [0.29, 0.717) is 25.1 Å². The van der Waals surface area contributed by atoms with Crippen molar-refractivity contribution in [3.05, 3.63) is 81.7 Å². The first-order chi connectivity index (χ1) is 13.0. The first-order valence-electron chi connectivity index (χ1n) is 8.62. The van der Waals surface area contributed by atoms with Gasteiger partial charge in [-0.3, -0.25) is 14.9 Å². The van der Waals surface area contributed by atoms with E-state index in [4.69, 9.17) is 0 Å². The first-order valence-corrected chi connectivity index (χ1v) is 9.67. The van der Waals surface area contributed by atoms with Crippen LogP contribution in [0.15, 0.2) is 54.6 Å². The molecule has 1 atom stereocenters. The molecule has 2 aromatic rings. The summed E-state index contributed by atoms with van der Waals surface area (Å²) in [6.45, 7) is 1.18. The van der Waals surface area contributed by atoms with Crippen LogP contribution < -0.4 is 0 Å². The van der Waals surface area contributed by atoms with Crippen molar-refractivity contribution in [2.45, 2.75) is 11.7 Å². The Bertz CT molecular complexity index is 855. The Morgan fingerprint density at radius 2 is 1.93 bits per heavy atom. The zero-order valence-corrected chi connectivity index (χ0v) is 15.4. The second kappa shape index (κ2) is 8.81. The quantitative estimate of drug-likeness (QED) is 0.442. The van der Waals surface area contributed by atoms with Crippen LogP contribution in [0.3, 0.4) is 0 Å². The number of hydrogen-bond acceptors (Lipinski definition) is 4. The smallest absolute Gasteiger partial charge is 0.269 e. The highest BCUT2D eigenvalue weighted by Gasteiger charge is 2.22. The van der Waals surface area contributed by atoms with Crippen LogP contribution in [-0.2, 0) is 4.79 Å². The maximum absolute atomic E-state index is 14.0. The van der Waals surface area contributed by atoms with E-state index in [1.807, 2.05) is 6.07 Å². The molecule has 0 spiro atoms. The average Bonchev–Trinajstić information content (AvgIpc) is 2.93. The fourth-order valence-electron chi connectivity index (χ4n) is 2.96. The molecule has 1 aliphatic rings. The van der Waals surface area contributed by atoms with Crippen LogP contribution in [0.4, 0.5) is 10.1 Å². The summed E-state index contributed by atoms with van der Waals surface area (Å²) in [6.07, 6.45) is 3.83. The van der Waals surface area contributed by atoms with Crippen LogP contribution in [-0.4, -0.2) is 34.6 Å². The monoisotopic (exact) mass is 386 g/mol. The molecule has 0 radical (unpaired) electrons. The van der Waals surface area contributed by atoms with Crippen molar-refractivity contribution in [3.8, 4) is 0 Å². The molecule has 27 heavy (non-hydrogen) atoms. The van der Waals surface area contributed by atoms with Crippen LogP contribution in [0.5, 0.6) is 0 Å². The predicted octanol–water partition coefficient (Wildman–Crippen LogP) is 4.45. The predicted molar refractivity (Wildman–Crippen MR) is 105 cm³/mol. The van der Waals surface area contributed by atoms with Gasteiger partial charge in [0, 0.05) is 47.9 Å². The molecular weight excluding hydrogens is 367 g/mol. The maximum atomic E-state index is 14.0. The van der Waals surface area contributed by atoms with E-state index in [-0.39, 0.29) is 22.7 Å². The van der Waals surface area contributed by atoms with Gasteiger partial charge in [-0.15, -0.1) is 0 Å². The summed E-state index contributed by atoms with van der Waals surface area (Å²) >= 11 is 1.67. The Balaban J connectivity index is 1.60. The van der Waals surface area contributed by atoms with Crippen LogP contribution in [0.2, 0.25) is 0 Å². The third kappa shape index (κ3) is 4.95. The normalized spacial score (nSPS) is 17.7. The minimum atomic E-state index is -0.459. The highest BCUT2D eigenvalue weighted by atomic mass is 32.2. The number of thioether (sulfide) groups is 1. The number of rotatable bonds is 4. The van der Waals surface area contributed by atoms with Crippen LogP contribution in [0, 0.1) is 15.9 Å². The molecule has 0 aliphatic carbocycles. The lowest BCUT2D eigenvalue weighted by Gasteiger charge is -2.18. The van der Waals surface area contributed by atoms with Gasteiger partial charge in [-0.05, 0) is 36.3 Å². The summed E-state index contributed by atoms with van der Waals surface area (Å²) in [5, 5.41) is 10.7. The Labute approximate surface area is 161 Å². The molecule has 1 amide bonds. The molecule has 140 valence electrons. The van der Waals surface area contributed by atoms with Crippen molar-refractivity contribution in [2.24, 2.45) is 0 Å². The minimum absolute atomic E-state index is 0.0159. The molecule has 5 nitrogen and oxygen atoms in total. The van der Waals surface area contributed by atoms with Gasteiger partial charge in [-0.25, -0.2) is 4.39 Å². The second-order valence-electron chi connectivity index (χ2n) is 6.18. The van der Waals surface area contributed by atoms with E-state index in [1.165, 1.54) is 24.3 Å². The molecule has 0 N–H and O–H groups in total. The van der Waals surface area contributed by atoms with Crippen molar-refractivity contribution in [1.29, 1.82) is 0 Å². The van der Waals surface area contributed by atoms with E-state index < -0.39 is 4.92 Å². The Kier molecular flexibility index (Phi) is 6.24. The highest BCUT2D eigenvalue weighted by Crippen LogP contribution is 2.35. The minimum Gasteiger partial charge on any atom is -0.338 e. The number of non-ortho nitro benzene ring substituents is 1. The van der Waals surface area contributed by atoms with Gasteiger partial charge in [-0.1, -0.05) is 18.2 Å². The molecule has 0 saturated carbocycles. The van der Waals surface area contributed by atoms with E-state index in [0.717, 1.165) is 11.3 Å². The molecule has 0 bridgehead atoms. The Morgan fingerprint density at radius 3 is 2.63 bits per heavy atom. The van der Waals surface area contributed by atoms with E-state index >= 15 is 0 Å². The second-order valence-corrected chi connectivity index (χ2v) is 7.49.